The van der Waals surface area contributed by atoms with Gasteiger partial charge in [-0.15, -0.1) is 5.10 Å². The smallest absolute Gasteiger partial charge is 0.0722 e. The van der Waals surface area contributed by atoms with Gasteiger partial charge in [0, 0.05) is 6.54 Å². The molecule has 78 valence electrons. The van der Waals surface area contributed by atoms with Crippen molar-refractivity contribution < 1.29 is 0 Å². The van der Waals surface area contributed by atoms with Crippen molar-refractivity contribution in [1.29, 1.82) is 0 Å². The fraction of sp³-hybridized carbons (Fsp3) is 0.273. The molecule has 0 aliphatic heterocycles. The predicted molar refractivity (Wildman–Crippen MR) is 58.2 cm³/mol. The first-order chi connectivity index (χ1) is 7.29. The highest BCUT2D eigenvalue weighted by Crippen LogP contribution is 2.06. The number of nitrogens with two attached hydrogens (primary N) is 1. The second-order valence-electron chi connectivity index (χ2n) is 3.55. The van der Waals surface area contributed by atoms with Crippen molar-refractivity contribution in [2.75, 3.05) is 0 Å². The van der Waals surface area contributed by atoms with Gasteiger partial charge in [0.05, 0.1) is 18.4 Å². The molecule has 0 spiro atoms. The van der Waals surface area contributed by atoms with Gasteiger partial charge in [0.2, 0.25) is 0 Å². The Balaban J connectivity index is 2.14. The monoisotopic (exact) mass is 202 g/mol. The molecule has 4 heteroatoms. The summed E-state index contributed by atoms with van der Waals surface area (Å²) in [6, 6.07) is 8.23. The van der Waals surface area contributed by atoms with E-state index in [0.29, 0.717) is 6.54 Å². The van der Waals surface area contributed by atoms with E-state index in [-0.39, 0.29) is 0 Å². The highest BCUT2D eigenvalue weighted by atomic mass is 15.4. The molecule has 0 fully saturated rings. The van der Waals surface area contributed by atoms with Gasteiger partial charge in [-0.2, -0.15) is 0 Å². The number of benzene rings is 1. The van der Waals surface area contributed by atoms with E-state index < -0.39 is 0 Å². The minimum Gasteiger partial charge on any atom is -0.326 e. The Labute approximate surface area is 88.7 Å². The van der Waals surface area contributed by atoms with Gasteiger partial charge >= 0.3 is 0 Å². The van der Waals surface area contributed by atoms with Crippen LogP contribution in [0.1, 0.15) is 16.8 Å². The lowest BCUT2D eigenvalue weighted by molar-refractivity contribution is 0.633. The Hall–Kier alpha value is -1.68. The summed E-state index contributed by atoms with van der Waals surface area (Å²) in [7, 11) is 0. The SMILES string of the molecule is Cc1cnnn1Cc1ccc(CN)cc1. The minimum absolute atomic E-state index is 0.586. The van der Waals surface area contributed by atoms with E-state index in [1.54, 1.807) is 6.20 Å². The molecule has 0 amide bonds. The van der Waals surface area contributed by atoms with Gasteiger partial charge in [-0.3, -0.25) is 0 Å². The van der Waals surface area contributed by atoms with Gasteiger partial charge in [0.15, 0.2) is 0 Å². The molecule has 0 atom stereocenters. The molecule has 2 N–H and O–H groups in total. The number of nitrogens with zero attached hydrogens (tertiary/aromatic N) is 3. The van der Waals surface area contributed by atoms with Crippen LogP contribution in [0.15, 0.2) is 30.5 Å². The highest BCUT2D eigenvalue weighted by Gasteiger charge is 1.99. The Morgan fingerprint density at radius 3 is 2.40 bits per heavy atom. The summed E-state index contributed by atoms with van der Waals surface area (Å²) in [5.41, 5.74) is 8.96. The van der Waals surface area contributed by atoms with Gasteiger partial charge < -0.3 is 5.73 Å². The van der Waals surface area contributed by atoms with E-state index in [0.717, 1.165) is 17.8 Å². The fourth-order valence-corrected chi connectivity index (χ4v) is 1.42. The molecule has 0 unspecified atom stereocenters. The topological polar surface area (TPSA) is 56.7 Å². The zero-order chi connectivity index (χ0) is 10.7. The van der Waals surface area contributed by atoms with E-state index >= 15 is 0 Å². The molecule has 2 rings (SSSR count). The fourth-order valence-electron chi connectivity index (χ4n) is 1.42. The van der Waals surface area contributed by atoms with E-state index in [1.165, 1.54) is 5.56 Å². The summed E-state index contributed by atoms with van der Waals surface area (Å²) in [4.78, 5) is 0. The van der Waals surface area contributed by atoms with Crippen molar-refractivity contribution in [3.05, 3.63) is 47.3 Å². The maximum atomic E-state index is 5.53. The van der Waals surface area contributed by atoms with Crippen molar-refractivity contribution in [3.8, 4) is 0 Å². The normalized spacial score (nSPS) is 10.5. The number of hydrogen-bond acceptors (Lipinski definition) is 3. The molecular weight excluding hydrogens is 188 g/mol. The lowest BCUT2D eigenvalue weighted by atomic mass is 10.1. The van der Waals surface area contributed by atoms with E-state index in [9.17, 15) is 0 Å². The van der Waals surface area contributed by atoms with Crippen LogP contribution in [-0.2, 0) is 13.1 Å². The molecule has 0 radical (unpaired) electrons. The van der Waals surface area contributed by atoms with Crippen molar-refractivity contribution in [3.63, 3.8) is 0 Å². The molecule has 0 aliphatic rings. The molecule has 2 aromatic rings. The molecule has 4 nitrogen and oxygen atoms in total. The number of aryl methyl sites for hydroxylation is 1. The van der Waals surface area contributed by atoms with Gasteiger partial charge in [-0.25, -0.2) is 4.68 Å². The standard InChI is InChI=1S/C11H14N4/c1-9-7-13-14-15(9)8-11-4-2-10(6-12)3-5-11/h2-5,7H,6,8,12H2,1H3. The van der Waals surface area contributed by atoms with Crippen LogP contribution in [0.2, 0.25) is 0 Å². The van der Waals surface area contributed by atoms with Crippen LogP contribution in [0.25, 0.3) is 0 Å². The maximum Gasteiger partial charge on any atom is 0.0722 e. The van der Waals surface area contributed by atoms with E-state index in [2.05, 4.69) is 22.4 Å². The first-order valence-corrected chi connectivity index (χ1v) is 4.92. The molecule has 1 heterocycles. The lowest BCUT2D eigenvalue weighted by Gasteiger charge is -2.04. The zero-order valence-electron chi connectivity index (χ0n) is 8.72. The molecule has 15 heavy (non-hydrogen) atoms. The maximum absolute atomic E-state index is 5.53. The third-order valence-electron chi connectivity index (χ3n) is 2.40. The Morgan fingerprint density at radius 1 is 1.20 bits per heavy atom. The summed E-state index contributed by atoms with van der Waals surface area (Å²) >= 11 is 0. The van der Waals surface area contributed by atoms with Crippen molar-refractivity contribution >= 4 is 0 Å². The third kappa shape index (κ3) is 2.22. The summed E-state index contributed by atoms with van der Waals surface area (Å²) < 4.78 is 1.87. The molecule has 0 bridgehead atoms. The number of rotatable bonds is 3. The Morgan fingerprint density at radius 2 is 1.87 bits per heavy atom. The molecule has 0 aliphatic carbocycles. The second kappa shape index (κ2) is 4.23. The summed E-state index contributed by atoms with van der Waals surface area (Å²) in [5.74, 6) is 0. The van der Waals surface area contributed by atoms with Gasteiger partial charge in [-0.05, 0) is 18.1 Å². The van der Waals surface area contributed by atoms with Crippen LogP contribution in [0, 0.1) is 6.92 Å². The highest BCUT2D eigenvalue weighted by molar-refractivity contribution is 5.22. The number of aromatic nitrogens is 3. The first kappa shape index (κ1) is 9.86. The largest absolute Gasteiger partial charge is 0.326 e. The average Bonchev–Trinajstić information content (AvgIpc) is 2.66. The van der Waals surface area contributed by atoms with Crippen molar-refractivity contribution in [2.24, 2.45) is 5.73 Å². The third-order valence-corrected chi connectivity index (χ3v) is 2.40. The van der Waals surface area contributed by atoms with Crippen LogP contribution >= 0.6 is 0 Å². The summed E-state index contributed by atoms with van der Waals surface area (Å²) in [6.07, 6.45) is 1.76. The number of hydrogen-bond donors (Lipinski definition) is 1. The van der Waals surface area contributed by atoms with E-state index in [1.807, 2.05) is 23.7 Å². The van der Waals surface area contributed by atoms with Crippen LogP contribution in [0.4, 0.5) is 0 Å². The van der Waals surface area contributed by atoms with Crippen LogP contribution in [0.5, 0.6) is 0 Å². The van der Waals surface area contributed by atoms with Crippen LogP contribution in [0.3, 0.4) is 0 Å². The van der Waals surface area contributed by atoms with Crippen molar-refractivity contribution in [1.82, 2.24) is 15.0 Å². The molecule has 0 saturated carbocycles. The second-order valence-corrected chi connectivity index (χ2v) is 3.55. The molecule has 1 aromatic carbocycles. The van der Waals surface area contributed by atoms with Crippen LogP contribution in [-0.4, -0.2) is 15.0 Å². The van der Waals surface area contributed by atoms with Gasteiger partial charge in [0.1, 0.15) is 0 Å². The Kier molecular flexibility index (Phi) is 2.78. The van der Waals surface area contributed by atoms with Gasteiger partial charge in [-0.1, -0.05) is 29.5 Å². The van der Waals surface area contributed by atoms with Crippen LogP contribution < -0.4 is 5.73 Å². The first-order valence-electron chi connectivity index (χ1n) is 4.92. The van der Waals surface area contributed by atoms with Gasteiger partial charge in [0.25, 0.3) is 0 Å². The quantitative estimate of drug-likeness (QED) is 0.810. The lowest BCUT2D eigenvalue weighted by Crippen LogP contribution is -2.04. The molecular formula is C11H14N4. The summed E-state index contributed by atoms with van der Waals surface area (Å²) in [6.45, 7) is 3.34. The zero-order valence-corrected chi connectivity index (χ0v) is 8.72. The Bertz CT molecular complexity index is 430. The molecule has 0 saturated heterocycles. The minimum atomic E-state index is 0.586. The van der Waals surface area contributed by atoms with Crippen molar-refractivity contribution in [2.45, 2.75) is 20.0 Å². The average molecular weight is 202 g/mol. The summed E-state index contributed by atoms with van der Waals surface area (Å²) in [5, 5.41) is 7.84. The molecule has 1 aromatic heterocycles. The van der Waals surface area contributed by atoms with E-state index in [4.69, 9.17) is 5.73 Å². The predicted octanol–water partition coefficient (Wildman–Crippen LogP) is 1.09.